The van der Waals surface area contributed by atoms with Gasteiger partial charge < -0.3 is 15.2 Å². The van der Waals surface area contributed by atoms with Crippen molar-refractivity contribution in [3.8, 4) is 0 Å². The number of benzene rings is 1. The maximum atomic E-state index is 12.1. The third-order valence-corrected chi connectivity index (χ3v) is 3.94. The van der Waals surface area contributed by atoms with E-state index in [2.05, 4.69) is 15.6 Å². The zero-order chi connectivity index (χ0) is 17.6. The highest BCUT2D eigenvalue weighted by Crippen LogP contribution is 2.20. The average Bonchev–Trinajstić information content (AvgIpc) is 2.92. The number of rotatable bonds is 6. The highest BCUT2D eigenvalue weighted by Gasteiger charge is 2.09. The third-order valence-electron chi connectivity index (χ3n) is 3.94. The summed E-state index contributed by atoms with van der Waals surface area (Å²) in [6.07, 6.45) is 5.42. The van der Waals surface area contributed by atoms with Crippen molar-refractivity contribution in [3.05, 3.63) is 60.6 Å². The molecule has 2 N–H and O–H groups in total. The van der Waals surface area contributed by atoms with Gasteiger partial charge in [0, 0.05) is 48.1 Å². The molecule has 0 unspecified atom stereocenters. The van der Waals surface area contributed by atoms with Gasteiger partial charge in [0.2, 0.25) is 11.8 Å². The number of carbonyl (C=O) groups is 2. The van der Waals surface area contributed by atoms with Crippen LogP contribution in [0.15, 0.2) is 55.0 Å². The maximum absolute atomic E-state index is 12.1. The lowest BCUT2D eigenvalue weighted by Gasteiger charge is -2.08. The molecule has 0 fully saturated rings. The zero-order valence-corrected chi connectivity index (χ0v) is 14.0. The number of anilines is 1. The Labute approximate surface area is 145 Å². The monoisotopic (exact) mass is 336 g/mol. The molecule has 2 aromatic heterocycles. The van der Waals surface area contributed by atoms with Crippen molar-refractivity contribution >= 4 is 28.4 Å². The molecule has 1 aromatic carbocycles. The van der Waals surface area contributed by atoms with Crippen LogP contribution in [0.2, 0.25) is 0 Å². The normalized spacial score (nSPS) is 10.6. The highest BCUT2D eigenvalue weighted by molar-refractivity contribution is 5.91. The van der Waals surface area contributed by atoms with E-state index in [0.29, 0.717) is 12.2 Å². The Morgan fingerprint density at radius 3 is 2.64 bits per heavy atom. The predicted octanol–water partition coefficient (Wildman–Crippen LogP) is 2.49. The second kappa shape index (κ2) is 7.61. The van der Waals surface area contributed by atoms with Crippen LogP contribution in [0.4, 0.5) is 5.69 Å². The van der Waals surface area contributed by atoms with Gasteiger partial charge in [-0.2, -0.15) is 0 Å². The van der Waals surface area contributed by atoms with Crippen molar-refractivity contribution in [2.45, 2.75) is 19.9 Å². The van der Waals surface area contributed by atoms with Gasteiger partial charge in [0.05, 0.1) is 0 Å². The molecule has 6 nitrogen and oxygen atoms in total. The molecule has 0 spiro atoms. The minimum atomic E-state index is -0.145. The lowest BCUT2D eigenvalue weighted by atomic mass is 10.2. The first-order chi connectivity index (χ1) is 12.1. The molecule has 0 aliphatic carbocycles. The van der Waals surface area contributed by atoms with Gasteiger partial charge >= 0.3 is 0 Å². The minimum absolute atomic E-state index is 0.113. The Hall–Kier alpha value is -3.15. The summed E-state index contributed by atoms with van der Waals surface area (Å²) in [6, 6.07) is 11.4. The van der Waals surface area contributed by atoms with Gasteiger partial charge in [-0.1, -0.05) is 18.2 Å². The molecule has 0 atom stereocenters. The lowest BCUT2D eigenvalue weighted by molar-refractivity contribution is -0.121. The number of hydrogen-bond donors (Lipinski definition) is 2. The molecule has 0 radical (unpaired) electrons. The van der Waals surface area contributed by atoms with Crippen molar-refractivity contribution in [2.24, 2.45) is 0 Å². The largest absolute Gasteiger partial charge is 0.354 e. The number of amides is 2. The predicted molar refractivity (Wildman–Crippen MR) is 97.2 cm³/mol. The molecular weight excluding hydrogens is 316 g/mol. The second-order valence-corrected chi connectivity index (χ2v) is 5.84. The van der Waals surface area contributed by atoms with E-state index in [1.165, 1.54) is 0 Å². The smallest absolute Gasteiger partial charge is 0.239 e. The Bertz CT molecular complexity index is 887. The summed E-state index contributed by atoms with van der Waals surface area (Å²) in [5.41, 5.74) is 2.87. The molecule has 25 heavy (non-hydrogen) atoms. The van der Waals surface area contributed by atoms with Gasteiger partial charge in [-0.15, -0.1) is 0 Å². The van der Waals surface area contributed by atoms with E-state index in [1.54, 1.807) is 24.5 Å². The molecule has 0 saturated carbocycles. The average molecular weight is 336 g/mol. The number of carbonyl (C=O) groups excluding carboxylic acids is 2. The molecule has 0 aliphatic heterocycles. The van der Waals surface area contributed by atoms with E-state index in [0.717, 1.165) is 16.5 Å². The zero-order valence-electron chi connectivity index (χ0n) is 14.0. The number of aromatic nitrogens is 2. The molecule has 0 aliphatic rings. The number of para-hydroxylation sites is 1. The van der Waals surface area contributed by atoms with Gasteiger partial charge in [-0.05, 0) is 30.7 Å². The molecule has 0 saturated heterocycles. The van der Waals surface area contributed by atoms with Crippen LogP contribution >= 0.6 is 0 Å². The van der Waals surface area contributed by atoms with Crippen LogP contribution in [0.1, 0.15) is 12.0 Å². The van der Waals surface area contributed by atoms with Gasteiger partial charge in [0.1, 0.15) is 6.54 Å². The van der Waals surface area contributed by atoms with E-state index in [-0.39, 0.29) is 24.8 Å². The number of hydrogen-bond acceptors (Lipinski definition) is 3. The molecule has 2 heterocycles. The summed E-state index contributed by atoms with van der Waals surface area (Å²) in [7, 11) is 0. The highest BCUT2D eigenvalue weighted by atomic mass is 16.2. The first-order valence-electron chi connectivity index (χ1n) is 8.14. The van der Waals surface area contributed by atoms with Crippen molar-refractivity contribution < 1.29 is 9.59 Å². The standard InChI is InChI=1S/C19H20N4O2/c1-14-12-23(17-5-3-2-4-16(14)17)13-19(25)21-11-8-18(24)22-15-6-9-20-10-7-15/h2-7,9-10,12H,8,11,13H2,1H3,(H,21,25)(H,20,22,24). The first-order valence-corrected chi connectivity index (χ1v) is 8.14. The fraction of sp³-hybridized carbons (Fsp3) is 0.211. The van der Waals surface area contributed by atoms with Gasteiger partial charge in [0.15, 0.2) is 0 Å². The second-order valence-electron chi connectivity index (χ2n) is 5.84. The Kier molecular flexibility index (Phi) is 5.09. The van der Waals surface area contributed by atoms with E-state index in [4.69, 9.17) is 0 Å². The van der Waals surface area contributed by atoms with Crippen molar-refractivity contribution in [1.82, 2.24) is 14.9 Å². The molecule has 0 bridgehead atoms. The molecule has 3 rings (SSSR count). The fourth-order valence-electron chi connectivity index (χ4n) is 2.75. The van der Waals surface area contributed by atoms with E-state index in [9.17, 15) is 9.59 Å². The number of fused-ring (bicyclic) bond motifs is 1. The summed E-state index contributed by atoms with van der Waals surface area (Å²) in [5, 5.41) is 6.69. The molecule has 2 amide bonds. The van der Waals surface area contributed by atoms with Crippen molar-refractivity contribution in [2.75, 3.05) is 11.9 Å². The quantitative estimate of drug-likeness (QED) is 0.726. The summed E-state index contributed by atoms with van der Waals surface area (Å²) < 4.78 is 1.93. The van der Waals surface area contributed by atoms with Crippen LogP contribution < -0.4 is 10.6 Å². The van der Waals surface area contributed by atoms with E-state index in [1.807, 2.05) is 42.0 Å². The number of aryl methyl sites for hydroxylation is 1. The van der Waals surface area contributed by atoms with E-state index < -0.39 is 0 Å². The summed E-state index contributed by atoms with van der Waals surface area (Å²) in [6.45, 7) is 2.56. The number of nitrogens with zero attached hydrogens (tertiary/aromatic N) is 2. The van der Waals surface area contributed by atoms with Crippen molar-refractivity contribution in [3.63, 3.8) is 0 Å². The number of pyridine rings is 1. The van der Waals surface area contributed by atoms with Crippen molar-refractivity contribution in [1.29, 1.82) is 0 Å². The molecule has 3 aromatic rings. The van der Waals surface area contributed by atoms with Gasteiger partial charge in [-0.3, -0.25) is 14.6 Å². The van der Waals surface area contributed by atoms with Crippen LogP contribution in [0.25, 0.3) is 10.9 Å². The maximum Gasteiger partial charge on any atom is 0.239 e. The first kappa shape index (κ1) is 16.7. The Morgan fingerprint density at radius 2 is 1.84 bits per heavy atom. The Balaban J connectivity index is 1.49. The van der Waals surface area contributed by atoms with Crippen LogP contribution in [-0.2, 0) is 16.1 Å². The molecule has 6 heteroatoms. The van der Waals surface area contributed by atoms with Crippen LogP contribution in [0.3, 0.4) is 0 Å². The minimum Gasteiger partial charge on any atom is -0.354 e. The van der Waals surface area contributed by atoms with Gasteiger partial charge in [-0.25, -0.2) is 0 Å². The number of nitrogens with one attached hydrogen (secondary N) is 2. The van der Waals surface area contributed by atoms with Crippen LogP contribution in [0.5, 0.6) is 0 Å². The topological polar surface area (TPSA) is 76.0 Å². The Morgan fingerprint density at radius 1 is 1.08 bits per heavy atom. The molecular formula is C19H20N4O2. The van der Waals surface area contributed by atoms with E-state index >= 15 is 0 Å². The van der Waals surface area contributed by atoms with Crippen LogP contribution in [0, 0.1) is 6.92 Å². The molecule has 128 valence electrons. The lowest BCUT2D eigenvalue weighted by Crippen LogP contribution is -2.30. The third kappa shape index (κ3) is 4.23. The van der Waals surface area contributed by atoms with Gasteiger partial charge in [0.25, 0.3) is 0 Å². The summed E-state index contributed by atoms with van der Waals surface area (Å²) in [5.74, 6) is -0.258. The fourth-order valence-corrected chi connectivity index (χ4v) is 2.75. The van der Waals surface area contributed by atoms with Crippen LogP contribution in [-0.4, -0.2) is 27.9 Å². The SMILES string of the molecule is Cc1cn(CC(=O)NCCC(=O)Nc2ccncc2)c2ccccc12. The summed E-state index contributed by atoms with van der Waals surface area (Å²) >= 11 is 0. The summed E-state index contributed by atoms with van der Waals surface area (Å²) in [4.78, 5) is 27.9.